The highest BCUT2D eigenvalue weighted by Gasteiger charge is 2.04. The van der Waals surface area contributed by atoms with Crippen LogP contribution >= 0.6 is 0 Å². The minimum Gasteiger partial charge on any atom is -0.497 e. The minimum absolute atomic E-state index is 0.891. The lowest BCUT2D eigenvalue weighted by atomic mass is 9.97. The Morgan fingerprint density at radius 1 is 0.944 bits per heavy atom. The third-order valence-corrected chi connectivity index (χ3v) is 2.89. The SMILES string of the molecule is CC/C=C(\c1ccccc1)c1ccc(OC)cc1. The molecule has 0 saturated carbocycles. The molecule has 0 aliphatic carbocycles. The van der Waals surface area contributed by atoms with Crippen LogP contribution in [0.25, 0.3) is 5.57 Å². The zero-order chi connectivity index (χ0) is 12.8. The maximum Gasteiger partial charge on any atom is 0.118 e. The molecule has 0 fully saturated rings. The summed E-state index contributed by atoms with van der Waals surface area (Å²) in [6, 6.07) is 18.7. The van der Waals surface area contributed by atoms with E-state index in [0.717, 1.165) is 12.2 Å². The van der Waals surface area contributed by atoms with E-state index in [-0.39, 0.29) is 0 Å². The Kier molecular flexibility index (Phi) is 4.19. The van der Waals surface area contributed by atoms with Gasteiger partial charge in [-0.2, -0.15) is 0 Å². The molecule has 2 rings (SSSR count). The molecule has 2 aromatic carbocycles. The zero-order valence-electron chi connectivity index (χ0n) is 10.9. The van der Waals surface area contributed by atoms with Crippen LogP contribution in [0.1, 0.15) is 24.5 Å². The molecule has 0 radical (unpaired) electrons. The fraction of sp³-hybridized carbons (Fsp3) is 0.176. The van der Waals surface area contributed by atoms with Crippen LogP contribution < -0.4 is 4.74 Å². The quantitative estimate of drug-likeness (QED) is 0.760. The fourth-order valence-electron chi connectivity index (χ4n) is 1.99. The largest absolute Gasteiger partial charge is 0.497 e. The van der Waals surface area contributed by atoms with Gasteiger partial charge in [0.15, 0.2) is 0 Å². The second-order valence-electron chi connectivity index (χ2n) is 4.12. The molecule has 0 heterocycles. The predicted molar refractivity (Wildman–Crippen MR) is 76.8 cm³/mol. The van der Waals surface area contributed by atoms with Crippen LogP contribution in [0.15, 0.2) is 60.7 Å². The van der Waals surface area contributed by atoms with E-state index >= 15 is 0 Å². The van der Waals surface area contributed by atoms with Crippen molar-refractivity contribution in [1.82, 2.24) is 0 Å². The number of benzene rings is 2. The monoisotopic (exact) mass is 238 g/mol. The van der Waals surface area contributed by atoms with Crippen molar-refractivity contribution in [3.63, 3.8) is 0 Å². The molecule has 0 atom stereocenters. The number of methoxy groups -OCH3 is 1. The Hall–Kier alpha value is -2.02. The summed E-state index contributed by atoms with van der Waals surface area (Å²) in [7, 11) is 1.69. The van der Waals surface area contributed by atoms with Crippen LogP contribution in [0.4, 0.5) is 0 Å². The van der Waals surface area contributed by atoms with Crippen molar-refractivity contribution in [3.8, 4) is 5.75 Å². The highest BCUT2D eigenvalue weighted by molar-refractivity contribution is 5.79. The Morgan fingerprint density at radius 3 is 2.11 bits per heavy atom. The first-order valence-electron chi connectivity index (χ1n) is 6.25. The van der Waals surface area contributed by atoms with E-state index in [1.165, 1.54) is 16.7 Å². The molecule has 0 saturated heterocycles. The van der Waals surface area contributed by atoms with Crippen LogP contribution in [0, 0.1) is 0 Å². The second-order valence-corrected chi connectivity index (χ2v) is 4.12. The average molecular weight is 238 g/mol. The second kappa shape index (κ2) is 6.06. The van der Waals surface area contributed by atoms with Crippen LogP contribution in [0.3, 0.4) is 0 Å². The number of allylic oxidation sites excluding steroid dienone is 1. The molecule has 0 aromatic heterocycles. The molecule has 1 nitrogen and oxygen atoms in total. The topological polar surface area (TPSA) is 9.23 Å². The molecule has 0 N–H and O–H groups in total. The van der Waals surface area contributed by atoms with Crippen molar-refractivity contribution < 1.29 is 4.74 Å². The summed E-state index contributed by atoms with van der Waals surface area (Å²) in [5.74, 6) is 0.891. The molecule has 0 spiro atoms. The molecule has 0 aliphatic rings. The van der Waals surface area contributed by atoms with Crippen molar-refractivity contribution in [2.24, 2.45) is 0 Å². The van der Waals surface area contributed by atoms with Crippen LogP contribution in [-0.2, 0) is 0 Å². The van der Waals surface area contributed by atoms with Crippen molar-refractivity contribution in [2.75, 3.05) is 7.11 Å². The minimum atomic E-state index is 0.891. The molecule has 0 amide bonds. The maximum atomic E-state index is 5.20. The fourth-order valence-corrected chi connectivity index (χ4v) is 1.99. The molecule has 0 bridgehead atoms. The summed E-state index contributed by atoms with van der Waals surface area (Å²) in [6.45, 7) is 2.16. The number of hydrogen-bond donors (Lipinski definition) is 0. The lowest BCUT2D eigenvalue weighted by molar-refractivity contribution is 0.415. The summed E-state index contributed by atoms with van der Waals surface area (Å²) in [5.41, 5.74) is 3.76. The molecule has 0 unspecified atom stereocenters. The zero-order valence-corrected chi connectivity index (χ0v) is 10.9. The van der Waals surface area contributed by atoms with Gasteiger partial charge in [-0.3, -0.25) is 0 Å². The Labute approximate surface area is 109 Å². The van der Waals surface area contributed by atoms with Crippen molar-refractivity contribution in [2.45, 2.75) is 13.3 Å². The maximum absolute atomic E-state index is 5.20. The van der Waals surface area contributed by atoms with E-state index < -0.39 is 0 Å². The van der Waals surface area contributed by atoms with Gasteiger partial charge in [0.2, 0.25) is 0 Å². The van der Waals surface area contributed by atoms with Gasteiger partial charge in [0.25, 0.3) is 0 Å². The van der Waals surface area contributed by atoms with Gasteiger partial charge in [-0.1, -0.05) is 55.5 Å². The molecule has 92 valence electrons. The van der Waals surface area contributed by atoms with Gasteiger partial charge in [-0.05, 0) is 35.3 Å². The highest BCUT2D eigenvalue weighted by Crippen LogP contribution is 2.25. The number of hydrogen-bond acceptors (Lipinski definition) is 1. The first-order chi connectivity index (χ1) is 8.85. The van der Waals surface area contributed by atoms with Gasteiger partial charge in [0, 0.05) is 0 Å². The first-order valence-corrected chi connectivity index (χ1v) is 6.25. The number of rotatable bonds is 4. The standard InChI is InChI=1S/C17H18O/c1-3-7-17(14-8-5-4-6-9-14)15-10-12-16(18-2)13-11-15/h4-13H,3H2,1-2H3/b17-7+. The Bertz CT molecular complexity index is 509. The third-order valence-electron chi connectivity index (χ3n) is 2.89. The lowest BCUT2D eigenvalue weighted by Gasteiger charge is -2.09. The molecular formula is C17H18O. The molecule has 0 aliphatic heterocycles. The van der Waals surface area contributed by atoms with Gasteiger partial charge in [-0.25, -0.2) is 0 Å². The Morgan fingerprint density at radius 2 is 1.56 bits per heavy atom. The predicted octanol–water partition coefficient (Wildman–Crippen LogP) is 4.54. The van der Waals surface area contributed by atoms with Crippen LogP contribution in [-0.4, -0.2) is 7.11 Å². The Balaban J connectivity index is 2.39. The van der Waals surface area contributed by atoms with Gasteiger partial charge >= 0.3 is 0 Å². The summed E-state index contributed by atoms with van der Waals surface area (Å²) in [5, 5.41) is 0. The lowest BCUT2D eigenvalue weighted by Crippen LogP contribution is -1.89. The highest BCUT2D eigenvalue weighted by atomic mass is 16.5. The van der Waals surface area contributed by atoms with Crippen molar-refractivity contribution in [3.05, 3.63) is 71.8 Å². The van der Waals surface area contributed by atoms with Crippen molar-refractivity contribution in [1.29, 1.82) is 0 Å². The van der Waals surface area contributed by atoms with Gasteiger partial charge in [-0.15, -0.1) is 0 Å². The van der Waals surface area contributed by atoms with Gasteiger partial charge in [0.1, 0.15) is 5.75 Å². The summed E-state index contributed by atoms with van der Waals surface area (Å²) < 4.78 is 5.20. The normalized spacial score (nSPS) is 11.3. The summed E-state index contributed by atoms with van der Waals surface area (Å²) in [6.07, 6.45) is 3.29. The van der Waals surface area contributed by atoms with Crippen LogP contribution in [0.2, 0.25) is 0 Å². The van der Waals surface area contributed by atoms with E-state index in [1.807, 2.05) is 18.2 Å². The molecule has 18 heavy (non-hydrogen) atoms. The van der Waals surface area contributed by atoms with Crippen molar-refractivity contribution >= 4 is 5.57 Å². The first kappa shape index (κ1) is 12.4. The van der Waals surface area contributed by atoms with Gasteiger partial charge in [0.05, 0.1) is 7.11 Å². The van der Waals surface area contributed by atoms with E-state index in [0.29, 0.717) is 0 Å². The van der Waals surface area contributed by atoms with Crippen LogP contribution in [0.5, 0.6) is 5.75 Å². The van der Waals surface area contributed by atoms with E-state index in [9.17, 15) is 0 Å². The van der Waals surface area contributed by atoms with E-state index in [1.54, 1.807) is 7.11 Å². The average Bonchev–Trinajstić information content (AvgIpc) is 2.46. The molecule has 2 aromatic rings. The van der Waals surface area contributed by atoms with E-state index in [4.69, 9.17) is 4.74 Å². The summed E-state index contributed by atoms with van der Waals surface area (Å²) in [4.78, 5) is 0. The molecular weight excluding hydrogens is 220 g/mol. The smallest absolute Gasteiger partial charge is 0.118 e. The van der Waals surface area contributed by atoms with E-state index in [2.05, 4.69) is 49.4 Å². The summed E-state index contributed by atoms with van der Waals surface area (Å²) >= 11 is 0. The van der Waals surface area contributed by atoms with Gasteiger partial charge < -0.3 is 4.74 Å². The molecule has 1 heteroatoms. The third kappa shape index (κ3) is 2.80. The number of ether oxygens (including phenoxy) is 1.